The number of aryl methyl sites for hydroxylation is 2. The minimum Gasteiger partial charge on any atom is -0.348 e. The number of carbonyl (C=O) groups excluding carboxylic acids is 1. The maximum atomic E-state index is 11.8. The van der Waals surface area contributed by atoms with Crippen LogP contribution < -0.4 is 11.1 Å². The smallest absolute Gasteiger partial charge is 0.251 e. The Kier molecular flexibility index (Phi) is 3.86. The molecule has 0 radical (unpaired) electrons. The number of nitrogens with two attached hydrogens (primary N) is 1. The molecule has 0 saturated heterocycles. The minimum atomic E-state index is -0.0471. The third kappa shape index (κ3) is 3.06. The number of nitrogens with one attached hydrogen (secondary N) is 1. The molecule has 3 N–H and O–H groups in total. The van der Waals surface area contributed by atoms with Crippen molar-refractivity contribution in [2.24, 2.45) is 5.73 Å². The molecule has 0 aliphatic heterocycles. The van der Waals surface area contributed by atoms with Crippen molar-refractivity contribution in [2.45, 2.75) is 26.8 Å². The summed E-state index contributed by atoms with van der Waals surface area (Å²) in [7, 11) is 0. The fourth-order valence-electron chi connectivity index (χ4n) is 1.34. The van der Waals surface area contributed by atoms with Gasteiger partial charge in [-0.05, 0) is 32.4 Å². The molecule has 0 aliphatic rings. The number of amides is 1. The van der Waals surface area contributed by atoms with E-state index in [0.717, 1.165) is 16.7 Å². The van der Waals surface area contributed by atoms with Gasteiger partial charge in [-0.25, -0.2) is 0 Å². The van der Waals surface area contributed by atoms with Gasteiger partial charge < -0.3 is 11.1 Å². The zero-order chi connectivity index (χ0) is 11.4. The second-order valence-electron chi connectivity index (χ2n) is 3.93. The number of benzene rings is 1. The molecule has 0 aliphatic carbocycles. The van der Waals surface area contributed by atoms with E-state index in [2.05, 4.69) is 5.32 Å². The summed E-state index contributed by atoms with van der Waals surface area (Å²) in [6, 6.07) is 5.86. The highest BCUT2D eigenvalue weighted by molar-refractivity contribution is 5.95. The van der Waals surface area contributed by atoms with Gasteiger partial charge in [0.25, 0.3) is 5.91 Å². The van der Waals surface area contributed by atoms with Crippen LogP contribution in [0.25, 0.3) is 0 Å². The van der Waals surface area contributed by atoms with Gasteiger partial charge in [-0.1, -0.05) is 17.7 Å². The predicted octanol–water partition coefficient (Wildman–Crippen LogP) is 1.38. The molecular weight excluding hydrogens is 188 g/mol. The third-order valence-corrected chi connectivity index (χ3v) is 2.37. The topological polar surface area (TPSA) is 55.1 Å². The molecule has 82 valence electrons. The number of hydrogen-bond donors (Lipinski definition) is 2. The van der Waals surface area contributed by atoms with Gasteiger partial charge in [0, 0.05) is 18.2 Å². The molecule has 1 aromatic rings. The van der Waals surface area contributed by atoms with E-state index in [1.165, 1.54) is 0 Å². The number of rotatable bonds is 3. The van der Waals surface area contributed by atoms with Crippen LogP contribution in [0.15, 0.2) is 18.2 Å². The number of carbonyl (C=O) groups is 1. The molecule has 3 heteroatoms. The van der Waals surface area contributed by atoms with Crippen molar-refractivity contribution in [3.63, 3.8) is 0 Å². The van der Waals surface area contributed by atoms with Crippen LogP contribution >= 0.6 is 0 Å². The molecular formula is C12H18N2O. The molecule has 0 bridgehead atoms. The van der Waals surface area contributed by atoms with Gasteiger partial charge in [0.05, 0.1) is 0 Å². The first kappa shape index (κ1) is 11.7. The molecule has 1 atom stereocenters. The first-order chi connectivity index (χ1) is 7.04. The Balaban J connectivity index is 2.86. The molecule has 1 rings (SSSR count). The van der Waals surface area contributed by atoms with Gasteiger partial charge in [-0.3, -0.25) is 4.79 Å². The van der Waals surface area contributed by atoms with Crippen LogP contribution in [0.5, 0.6) is 0 Å². The molecule has 0 aromatic heterocycles. The Morgan fingerprint density at radius 1 is 1.47 bits per heavy atom. The lowest BCUT2D eigenvalue weighted by Gasteiger charge is -2.13. The van der Waals surface area contributed by atoms with Gasteiger partial charge in [0.1, 0.15) is 0 Å². The summed E-state index contributed by atoms with van der Waals surface area (Å²) in [4.78, 5) is 11.8. The second kappa shape index (κ2) is 4.94. The maximum absolute atomic E-state index is 11.8. The highest BCUT2D eigenvalue weighted by Gasteiger charge is 2.10. The van der Waals surface area contributed by atoms with E-state index < -0.39 is 0 Å². The fraction of sp³-hybridized carbons (Fsp3) is 0.417. The normalized spacial score (nSPS) is 12.3. The van der Waals surface area contributed by atoms with Crippen molar-refractivity contribution in [1.82, 2.24) is 5.32 Å². The Bertz CT molecular complexity index is 361. The van der Waals surface area contributed by atoms with Crippen molar-refractivity contribution in [3.8, 4) is 0 Å². The average Bonchev–Trinajstić information content (AvgIpc) is 2.21. The average molecular weight is 206 g/mol. The Morgan fingerprint density at radius 3 is 2.73 bits per heavy atom. The van der Waals surface area contributed by atoms with Crippen LogP contribution in [-0.2, 0) is 0 Å². The summed E-state index contributed by atoms with van der Waals surface area (Å²) in [5.74, 6) is -0.0471. The van der Waals surface area contributed by atoms with Crippen molar-refractivity contribution in [1.29, 1.82) is 0 Å². The predicted molar refractivity (Wildman–Crippen MR) is 61.9 cm³/mol. The van der Waals surface area contributed by atoms with Gasteiger partial charge in [-0.15, -0.1) is 0 Å². The third-order valence-electron chi connectivity index (χ3n) is 2.37. The van der Waals surface area contributed by atoms with E-state index in [9.17, 15) is 4.79 Å². The van der Waals surface area contributed by atoms with Crippen LogP contribution in [0.2, 0.25) is 0 Å². The lowest BCUT2D eigenvalue weighted by Crippen LogP contribution is -2.38. The Hall–Kier alpha value is -1.35. The minimum absolute atomic E-state index is 0.0115. The summed E-state index contributed by atoms with van der Waals surface area (Å²) in [6.45, 7) is 6.25. The summed E-state index contributed by atoms with van der Waals surface area (Å²) < 4.78 is 0. The highest BCUT2D eigenvalue weighted by atomic mass is 16.1. The molecule has 0 spiro atoms. The first-order valence-corrected chi connectivity index (χ1v) is 5.12. The van der Waals surface area contributed by atoms with Crippen molar-refractivity contribution >= 4 is 5.91 Å². The van der Waals surface area contributed by atoms with Crippen LogP contribution in [0.3, 0.4) is 0 Å². The molecule has 3 nitrogen and oxygen atoms in total. The van der Waals surface area contributed by atoms with Gasteiger partial charge in [0.2, 0.25) is 0 Å². The zero-order valence-corrected chi connectivity index (χ0v) is 9.50. The molecule has 1 unspecified atom stereocenters. The Morgan fingerprint density at radius 2 is 2.13 bits per heavy atom. The van der Waals surface area contributed by atoms with Crippen molar-refractivity contribution < 1.29 is 4.79 Å². The van der Waals surface area contributed by atoms with E-state index in [0.29, 0.717) is 6.54 Å². The summed E-state index contributed by atoms with van der Waals surface area (Å²) >= 11 is 0. The maximum Gasteiger partial charge on any atom is 0.251 e. The second-order valence-corrected chi connectivity index (χ2v) is 3.93. The summed E-state index contributed by atoms with van der Waals surface area (Å²) in [6.07, 6.45) is 0. The SMILES string of the molecule is Cc1ccc(C)c(C(=O)NC(C)CN)c1. The molecule has 0 saturated carbocycles. The van der Waals surface area contributed by atoms with Crippen molar-refractivity contribution in [2.75, 3.05) is 6.54 Å². The van der Waals surface area contributed by atoms with Gasteiger partial charge in [0.15, 0.2) is 0 Å². The van der Waals surface area contributed by atoms with E-state index in [4.69, 9.17) is 5.73 Å². The zero-order valence-electron chi connectivity index (χ0n) is 9.50. The van der Waals surface area contributed by atoms with Crippen LogP contribution in [0.4, 0.5) is 0 Å². The summed E-state index contributed by atoms with van der Waals surface area (Å²) in [5, 5.41) is 2.85. The lowest BCUT2D eigenvalue weighted by molar-refractivity contribution is 0.0940. The van der Waals surface area contributed by atoms with Gasteiger partial charge >= 0.3 is 0 Å². The molecule has 1 aromatic carbocycles. The van der Waals surface area contributed by atoms with E-state index in [1.807, 2.05) is 39.0 Å². The molecule has 0 heterocycles. The largest absolute Gasteiger partial charge is 0.348 e. The molecule has 1 amide bonds. The lowest BCUT2D eigenvalue weighted by atomic mass is 10.0. The standard InChI is InChI=1S/C12H18N2O/c1-8-4-5-9(2)11(6-8)12(15)14-10(3)7-13/h4-6,10H,7,13H2,1-3H3,(H,14,15). The van der Waals surface area contributed by atoms with Crippen LogP contribution in [-0.4, -0.2) is 18.5 Å². The van der Waals surface area contributed by atoms with E-state index in [-0.39, 0.29) is 11.9 Å². The van der Waals surface area contributed by atoms with E-state index >= 15 is 0 Å². The highest BCUT2D eigenvalue weighted by Crippen LogP contribution is 2.10. The quantitative estimate of drug-likeness (QED) is 0.785. The van der Waals surface area contributed by atoms with Crippen molar-refractivity contribution in [3.05, 3.63) is 34.9 Å². The molecule has 0 fully saturated rings. The molecule has 15 heavy (non-hydrogen) atoms. The fourth-order valence-corrected chi connectivity index (χ4v) is 1.34. The van der Waals surface area contributed by atoms with Crippen LogP contribution in [0.1, 0.15) is 28.4 Å². The van der Waals surface area contributed by atoms with Crippen LogP contribution in [0, 0.1) is 13.8 Å². The number of hydrogen-bond acceptors (Lipinski definition) is 2. The van der Waals surface area contributed by atoms with E-state index in [1.54, 1.807) is 0 Å². The monoisotopic (exact) mass is 206 g/mol. The Labute approximate surface area is 90.7 Å². The van der Waals surface area contributed by atoms with Gasteiger partial charge in [-0.2, -0.15) is 0 Å². The summed E-state index contributed by atoms with van der Waals surface area (Å²) in [5.41, 5.74) is 8.26. The first-order valence-electron chi connectivity index (χ1n) is 5.12.